The summed E-state index contributed by atoms with van der Waals surface area (Å²) < 4.78 is 1.54. The van der Waals surface area contributed by atoms with Gasteiger partial charge in [0.25, 0.3) is 11.8 Å². The van der Waals surface area contributed by atoms with Crippen LogP contribution in [-0.4, -0.2) is 75.7 Å². The lowest BCUT2D eigenvalue weighted by Crippen LogP contribution is -2.33. The van der Waals surface area contributed by atoms with Crippen molar-refractivity contribution in [3.63, 3.8) is 0 Å². The van der Waals surface area contributed by atoms with E-state index in [9.17, 15) is 14.4 Å². The molecular weight excluding hydrogens is 374 g/mol. The van der Waals surface area contributed by atoms with Crippen LogP contribution in [0.4, 0.5) is 0 Å². The molecule has 2 aliphatic heterocycles. The summed E-state index contributed by atoms with van der Waals surface area (Å²) in [4.78, 5) is 47.2. The molecule has 2 amide bonds. The molecule has 2 aromatic rings. The lowest BCUT2D eigenvalue weighted by atomic mass is 10.1. The van der Waals surface area contributed by atoms with E-state index < -0.39 is 17.8 Å². The van der Waals surface area contributed by atoms with Crippen LogP contribution < -0.4 is 0 Å². The number of carbonyl (C=O) groups excluding carboxylic acids is 3. The number of hydrogen-bond acceptors (Lipinski definition) is 7. The summed E-state index contributed by atoms with van der Waals surface area (Å²) in [6.07, 6.45) is 2.82. The fourth-order valence-electron chi connectivity index (χ4n) is 3.82. The third-order valence-corrected chi connectivity index (χ3v) is 5.40. The molecule has 1 aromatic carbocycles. The van der Waals surface area contributed by atoms with E-state index in [-0.39, 0.29) is 16.8 Å². The number of hydroxylamine groups is 2. The van der Waals surface area contributed by atoms with Gasteiger partial charge in [0.2, 0.25) is 0 Å². The van der Waals surface area contributed by atoms with Crippen LogP contribution in [0.5, 0.6) is 0 Å². The topological polar surface area (TPSA) is 88.0 Å². The first-order valence-corrected chi connectivity index (χ1v) is 9.46. The number of carbonyl (C=O) groups is 3. The van der Waals surface area contributed by atoms with Crippen molar-refractivity contribution < 1.29 is 19.2 Å². The van der Waals surface area contributed by atoms with Gasteiger partial charge in [-0.1, -0.05) is 17.2 Å². The van der Waals surface area contributed by atoms with E-state index in [1.54, 1.807) is 25.4 Å². The molecule has 0 N–H and O–H groups in total. The summed E-state index contributed by atoms with van der Waals surface area (Å²) in [5.41, 5.74) is 1.25. The zero-order valence-corrected chi connectivity index (χ0v) is 16.7. The molecule has 9 nitrogen and oxygen atoms in total. The van der Waals surface area contributed by atoms with Gasteiger partial charge in [-0.2, -0.15) is 5.10 Å². The zero-order chi connectivity index (χ0) is 20.7. The fraction of sp³-hybridized carbons (Fsp3) is 0.400. The third-order valence-electron chi connectivity index (χ3n) is 5.40. The van der Waals surface area contributed by atoms with Gasteiger partial charge in [0.15, 0.2) is 5.69 Å². The van der Waals surface area contributed by atoms with Crippen molar-refractivity contribution in [3.8, 4) is 0 Å². The number of aromatic nitrogens is 2. The van der Waals surface area contributed by atoms with Crippen LogP contribution in [0.15, 0.2) is 30.5 Å². The molecule has 4 rings (SSSR count). The van der Waals surface area contributed by atoms with Crippen molar-refractivity contribution in [2.75, 3.05) is 27.2 Å². The Labute approximate surface area is 168 Å². The van der Waals surface area contributed by atoms with Crippen LogP contribution in [0.1, 0.15) is 43.2 Å². The third kappa shape index (κ3) is 3.54. The van der Waals surface area contributed by atoms with Gasteiger partial charge in [-0.05, 0) is 32.6 Å². The molecule has 1 fully saturated rings. The Kier molecular flexibility index (Phi) is 4.93. The van der Waals surface area contributed by atoms with E-state index in [1.165, 1.54) is 16.8 Å². The molecule has 0 aliphatic carbocycles. The summed E-state index contributed by atoms with van der Waals surface area (Å²) >= 11 is 0. The first-order valence-electron chi connectivity index (χ1n) is 9.46. The number of benzene rings is 1. The second-order valence-corrected chi connectivity index (χ2v) is 7.65. The normalized spacial score (nSPS) is 19.3. The average Bonchev–Trinajstić information content (AvgIpc) is 3.37. The standard InChI is InChI=1S/C20H23N5O4/c1-22(2)14-8-9-24(12-14)11-13-10-23(3)21-17(13)20(28)29-25-18(26)15-6-4-5-7-16(15)19(25)27/h4-7,10,14H,8-9,11-12H2,1-3H3. The van der Waals surface area contributed by atoms with Crippen molar-refractivity contribution in [1.82, 2.24) is 24.6 Å². The Morgan fingerprint density at radius 3 is 2.45 bits per heavy atom. The van der Waals surface area contributed by atoms with Gasteiger partial charge in [-0.15, -0.1) is 0 Å². The van der Waals surface area contributed by atoms with Gasteiger partial charge in [0, 0.05) is 44.5 Å². The molecule has 29 heavy (non-hydrogen) atoms. The van der Waals surface area contributed by atoms with Crippen LogP contribution >= 0.6 is 0 Å². The van der Waals surface area contributed by atoms with Crippen molar-refractivity contribution in [3.05, 3.63) is 52.8 Å². The molecule has 1 saturated heterocycles. The minimum absolute atomic E-state index is 0.109. The number of amides is 2. The molecular formula is C20H23N5O4. The maximum atomic E-state index is 12.8. The van der Waals surface area contributed by atoms with Gasteiger partial charge in [0.1, 0.15) is 0 Å². The number of nitrogens with zero attached hydrogens (tertiary/aromatic N) is 5. The summed E-state index contributed by atoms with van der Waals surface area (Å²) in [7, 11) is 5.83. The Bertz CT molecular complexity index is 948. The summed E-state index contributed by atoms with van der Waals surface area (Å²) in [6.45, 7) is 2.37. The van der Waals surface area contributed by atoms with Crippen molar-refractivity contribution in [1.29, 1.82) is 0 Å². The first-order chi connectivity index (χ1) is 13.8. The molecule has 0 saturated carbocycles. The quantitative estimate of drug-likeness (QED) is 0.694. The molecule has 0 bridgehead atoms. The van der Waals surface area contributed by atoms with Crippen molar-refractivity contribution >= 4 is 17.8 Å². The van der Waals surface area contributed by atoms with E-state index in [0.717, 1.165) is 19.5 Å². The highest BCUT2D eigenvalue weighted by atomic mass is 16.7. The van der Waals surface area contributed by atoms with E-state index in [2.05, 4.69) is 29.0 Å². The molecule has 1 unspecified atom stereocenters. The number of likely N-dealkylation sites (N-methyl/N-ethyl adjacent to an activating group) is 1. The van der Waals surface area contributed by atoms with Gasteiger partial charge in [0.05, 0.1) is 11.1 Å². The Hall–Kier alpha value is -3.04. The molecule has 1 atom stereocenters. The Balaban J connectivity index is 1.49. The van der Waals surface area contributed by atoms with E-state index in [1.807, 2.05) is 0 Å². The molecule has 0 radical (unpaired) electrons. The lowest BCUT2D eigenvalue weighted by molar-refractivity contribution is -0.0590. The Morgan fingerprint density at radius 1 is 1.21 bits per heavy atom. The molecule has 2 aliphatic rings. The predicted molar refractivity (Wildman–Crippen MR) is 103 cm³/mol. The highest BCUT2D eigenvalue weighted by Gasteiger charge is 2.39. The van der Waals surface area contributed by atoms with E-state index >= 15 is 0 Å². The zero-order valence-electron chi connectivity index (χ0n) is 16.7. The molecule has 3 heterocycles. The average molecular weight is 397 g/mol. The molecule has 0 spiro atoms. The van der Waals surface area contributed by atoms with Gasteiger partial charge in [-0.3, -0.25) is 19.2 Å². The number of fused-ring (bicyclic) bond motifs is 1. The minimum atomic E-state index is -0.821. The van der Waals surface area contributed by atoms with Crippen LogP contribution in [0, 0.1) is 0 Å². The summed E-state index contributed by atoms with van der Waals surface area (Å²) in [5.74, 6) is -2.12. The number of imide groups is 1. The molecule has 152 valence electrons. The second kappa shape index (κ2) is 7.41. The number of aryl methyl sites for hydroxylation is 1. The van der Waals surface area contributed by atoms with Crippen LogP contribution in [0.25, 0.3) is 0 Å². The number of likely N-dealkylation sites (tertiary alicyclic amines) is 1. The molecule has 9 heteroatoms. The van der Waals surface area contributed by atoms with Gasteiger partial charge >= 0.3 is 5.97 Å². The maximum Gasteiger partial charge on any atom is 0.384 e. The van der Waals surface area contributed by atoms with Gasteiger partial charge in [-0.25, -0.2) is 4.79 Å². The van der Waals surface area contributed by atoms with Crippen molar-refractivity contribution in [2.24, 2.45) is 7.05 Å². The highest BCUT2D eigenvalue weighted by molar-refractivity contribution is 6.21. The Morgan fingerprint density at radius 2 is 1.86 bits per heavy atom. The van der Waals surface area contributed by atoms with Crippen LogP contribution in [-0.2, 0) is 18.4 Å². The highest BCUT2D eigenvalue weighted by Crippen LogP contribution is 2.24. The fourth-order valence-corrected chi connectivity index (χ4v) is 3.82. The number of rotatable bonds is 5. The summed E-state index contributed by atoms with van der Waals surface area (Å²) in [6, 6.07) is 6.85. The van der Waals surface area contributed by atoms with Crippen LogP contribution in [0.2, 0.25) is 0 Å². The minimum Gasteiger partial charge on any atom is -0.322 e. The number of hydrogen-bond donors (Lipinski definition) is 0. The van der Waals surface area contributed by atoms with Gasteiger partial charge < -0.3 is 9.74 Å². The SMILES string of the molecule is CN(C)C1CCN(Cc2cn(C)nc2C(=O)ON2C(=O)c3ccccc3C2=O)C1. The summed E-state index contributed by atoms with van der Waals surface area (Å²) in [5, 5.41) is 4.72. The monoisotopic (exact) mass is 397 g/mol. The van der Waals surface area contributed by atoms with E-state index in [4.69, 9.17) is 4.84 Å². The smallest absolute Gasteiger partial charge is 0.322 e. The second-order valence-electron chi connectivity index (χ2n) is 7.65. The largest absolute Gasteiger partial charge is 0.384 e. The predicted octanol–water partition coefficient (Wildman–Crippen LogP) is 0.924. The molecule has 1 aromatic heterocycles. The van der Waals surface area contributed by atoms with Crippen molar-refractivity contribution in [2.45, 2.75) is 19.0 Å². The maximum absolute atomic E-state index is 12.8. The first kappa shape index (κ1) is 19.3. The van der Waals surface area contributed by atoms with E-state index in [0.29, 0.717) is 23.2 Å². The lowest BCUT2D eigenvalue weighted by Gasteiger charge is -2.20. The van der Waals surface area contributed by atoms with Crippen LogP contribution in [0.3, 0.4) is 0 Å².